The number of hydrogen-bond acceptors (Lipinski definition) is 7. The number of aryl methyl sites for hydroxylation is 2. The molecule has 33 heavy (non-hydrogen) atoms. The van der Waals surface area contributed by atoms with Crippen LogP contribution in [0.3, 0.4) is 0 Å². The summed E-state index contributed by atoms with van der Waals surface area (Å²) in [6.07, 6.45) is 3.59. The van der Waals surface area contributed by atoms with Crippen molar-refractivity contribution in [3.63, 3.8) is 0 Å². The molecule has 0 unspecified atom stereocenters. The molecule has 0 spiro atoms. The van der Waals surface area contributed by atoms with Gasteiger partial charge < -0.3 is 14.6 Å². The lowest BCUT2D eigenvalue weighted by Crippen LogP contribution is -2.17. The number of ether oxygens (including phenoxy) is 1. The Hall–Kier alpha value is -3.50. The summed E-state index contributed by atoms with van der Waals surface area (Å²) in [5.74, 6) is 1.19. The van der Waals surface area contributed by atoms with E-state index >= 15 is 0 Å². The van der Waals surface area contributed by atoms with Crippen molar-refractivity contribution in [3.05, 3.63) is 69.9 Å². The maximum absolute atomic E-state index is 12.7. The van der Waals surface area contributed by atoms with Crippen molar-refractivity contribution in [1.82, 2.24) is 19.9 Å². The van der Waals surface area contributed by atoms with E-state index in [9.17, 15) is 9.59 Å². The first-order chi connectivity index (χ1) is 15.9. The molecule has 2 amide bonds. The minimum atomic E-state index is -0.233. The highest BCUT2D eigenvalue weighted by molar-refractivity contribution is 7.18. The second-order valence-corrected chi connectivity index (χ2v) is 9.69. The number of carbonyl (C=O) groups is 2. The van der Waals surface area contributed by atoms with Crippen LogP contribution in [0.25, 0.3) is 10.6 Å². The zero-order valence-corrected chi connectivity index (χ0v) is 20.0. The molecule has 0 aliphatic carbocycles. The number of imidazole rings is 1. The van der Waals surface area contributed by atoms with Gasteiger partial charge in [-0.05, 0) is 43.3 Å². The number of nitrogens with zero attached hydrogens (tertiary/aromatic N) is 3. The number of thiophene rings is 1. The van der Waals surface area contributed by atoms with Gasteiger partial charge in [0, 0.05) is 41.7 Å². The van der Waals surface area contributed by atoms with Gasteiger partial charge >= 0.3 is 0 Å². The van der Waals surface area contributed by atoms with Gasteiger partial charge in [-0.3, -0.25) is 14.9 Å². The summed E-state index contributed by atoms with van der Waals surface area (Å²) >= 11 is 3.00. The van der Waals surface area contributed by atoms with Crippen LogP contribution in [-0.2, 0) is 25.0 Å². The van der Waals surface area contributed by atoms with Crippen molar-refractivity contribution in [1.29, 1.82) is 0 Å². The normalized spacial score (nSPS) is 10.8. The maximum Gasteiger partial charge on any atom is 0.257 e. The average Bonchev–Trinajstić information content (AvgIpc) is 3.51. The van der Waals surface area contributed by atoms with Crippen LogP contribution in [0.4, 0.5) is 5.13 Å². The van der Waals surface area contributed by atoms with Gasteiger partial charge in [0.05, 0.1) is 17.1 Å². The van der Waals surface area contributed by atoms with E-state index in [1.807, 2.05) is 36.9 Å². The van der Waals surface area contributed by atoms with Gasteiger partial charge in [0.25, 0.3) is 5.91 Å². The van der Waals surface area contributed by atoms with Crippen LogP contribution in [0.1, 0.15) is 32.9 Å². The van der Waals surface area contributed by atoms with E-state index in [1.165, 1.54) is 18.3 Å². The summed E-state index contributed by atoms with van der Waals surface area (Å²) in [6.45, 7) is 4.32. The lowest BCUT2D eigenvalue weighted by Gasteiger charge is -2.07. The summed E-state index contributed by atoms with van der Waals surface area (Å²) in [6, 6.07) is 10.9. The molecule has 1 aromatic carbocycles. The monoisotopic (exact) mass is 481 g/mol. The molecule has 4 aromatic rings. The van der Waals surface area contributed by atoms with E-state index in [0.29, 0.717) is 29.6 Å². The standard InChI is InChI=1S/C23H23N5O3S2/c1-14-21(19-9-8-18(33-19)12-25-15(2)29)26-23(32-14)27-22(30)16-4-6-17(7-5-16)31-13-20-24-10-11-28(20)3/h4-11H,12-13H2,1-3H3,(H,25,29)(H,26,27,30). The fourth-order valence-electron chi connectivity index (χ4n) is 3.05. The molecule has 0 atom stereocenters. The van der Waals surface area contributed by atoms with Crippen LogP contribution in [0, 0.1) is 6.92 Å². The third-order valence-corrected chi connectivity index (χ3v) is 6.81. The highest BCUT2D eigenvalue weighted by Crippen LogP contribution is 2.35. The van der Waals surface area contributed by atoms with Gasteiger partial charge in [-0.25, -0.2) is 9.97 Å². The van der Waals surface area contributed by atoms with Crippen LogP contribution < -0.4 is 15.4 Å². The van der Waals surface area contributed by atoms with Gasteiger partial charge in [0.1, 0.15) is 18.2 Å². The van der Waals surface area contributed by atoms with Crippen LogP contribution in [-0.4, -0.2) is 26.3 Å². The summed E-state index contributed by atoms with van der Waals surface area (Å²) in [5, 5.41) is 6.22. The zero-order valence-electron chi connectivity index (χ0n) is 18.4. The zero-order chi connectivity index (χ0) is 23.4. The minimum absolute atomic E-state index is 0.0625. The first-order valence-electron chi connectivity index (χ1n) is 10.2. The Balaban J connectivity index is 1.37. The van der Waals surface area contributed by atoms with E-state index in [-0.39, 0.29) is 11.8 Å². The summed E-state index contributed by atoms with van der Waals surface area (Å²) in [4.78, 5) is 35.7. The topological polar surface area (TPSA) is 98.1 Å². The molecule has 0 bridgehead atoms. The van der Waals surface area contributed by atoms with Crippen molar-refractivity contribution in [2.45, 2.75) is 27.0 Å². The lowest BCUT2D eigenvalue weighted by molar-refractivity contribution is -0.119. The molecule has 3 heterocycles. The molecule has 2 N–H and O–H groups in total. The Morgan fingerprint density at radius 1 is 1.12 bits per heavy atom. The third-order valence-electron chi connectivity index (χ3n) is 4.83. The molecule has 0 aliphatic heterocycles. The number of amides is 2. The van der Waals surface area contributed by atoms with E-state index in [4.69, 9.17) is 4.74 Å². The number of aromatic nitrogens is 3. The van der Waals surface area contributed by atoms with Gasteiger partial charge in [0.2, 0.25) is 5.91 Å². The Labute approximate surface area is 199 Å². The van der Waals surface area contributed by atoms with E-state index in [1.54, 1.807) is 41.8 Å². The number of thiazole rings is 1. The fourth-order valence-corrected chi connectivity index (χ4v) is 4.93. The third kappa shape index (κ3) is 5.65. The second kappa shape index (κ2) is 9.97. The van der Waals surface area contributed by atoms with Crippen LogP contribution in [0.5, 0.6) is 5.75 Å². The van der Waals surface area contributed by atoms with E-state index < -0.39 is 0 Å². The van der Waals surface area contributed by atoms with Crippen LogP contribution in [0.15, 0.2) is 48.8 Å². The Bertz CT molecular complexity index is 1270. The van der Waals surface area contributed by atoms with Gasteiger partial charge in [-0.1, -0.05) is 0 Å². The van der Waals surface area contributed by atoms with Crippen molar-refractivity contribution in [2.75, 3.05) is 5.32 Å². The molecule has 4 rings (SSSR count). The number of carbonyl (C=O) groups excluding carboxylic acids is 2. The van der Waals surface area contributed by atoms with Crippen molar-refractivity contribution < 1.29 is 14.3 Å². The average molecular weight is 482 g/mol. The highest BCUT2D eigenvalue weighted by Gasteiger charge is 2.15. The Morgan fingerprint density at radius 2 is 1.91 bits per heavy atom. The molecule has 170 valence electrons. The second-order valence-electron chi connectivity index (χ2n) is 7.32. The van der Waals surface area contributed by atoms with Crippen molar-refractivity contribution in [3.8, 4) is 16.3 Å². The van der Waals surface area contributed by atoms with Crippen LogP contribution >= 0.6 is 22.7 Å². The SMILES string of the molecule is CC(=O)NCc1ccc(-c2nc(NC(=O)c3ccc(OCc4nccn4C)cc3)sc2C)s1. The quantitative estimate of drug-likeness (QED) is 0.389. The van der Waals surface area contributed by atoms with Gasteiger partial charge in [-0.15, -0.1) is 22.7 Å². The van der Waals surface area contributed by atoms with Gasteiger partial charge in [-0.2, -0.15) is 0 Å². The Kier molecular flexibility index (Phi) is 6.85. The molecule has 8 nitrogen and oxygen atoms in total. The first kappa shape index (κ1) is 22.7. The molecular weight excluding hydrogens is 458 g/mol. The fraction of sp³-hybridized carbons (Fsp3) is 0.217. The van der Waals surface area contributed by atoms with Crippen molar-refractivity contribution in [2.24, 2.45) is 7.05 Å². The molecule has 0 saturated heterocycles. The summed E-state index contributed by atoms with van der Waals surface area (Å²) in [7, 11) is 1.91. The minimum Gasteiger partial charge on any atom is -0.486 e. The molecular formula is C23H23N5O3S2. The lowest BCUT2D eigenvalue weighted by atomic mass is 10.2. The number of benzene rings is 1. The molecule has 10 heteroatoms. The smallest absolute Gasteiger partial charge is 0.257 e. The largest absolute Gasteiger partial charge is 0.486 e. The van der Waals surface area contributed by atoms with Gasteiger partial charge in [0.15, 0.2) is 5.13 Å². The van der Waals surface area contributed by atoms with E-state index in [0.717, 1.165) is 26.1 Å². The first-order valence-corrected chi connectivity index (χ1v) is 11.8. The number of anilines is 1. The number of nitrogens with one attached hydrogen (secondary N) is 2. The predicted molar refractivity (Wildman–Crippen MR) is 130 cm³/mol. The summed E-state index contributed by atoms with van der Waals surface area (Å²) in [5.41, 5.74) is 1.36. The van der Waals surface area contributed by atoms with Crippen LogP contribution in [0.2, 0.25) is 0 Å². The maximum atomic E-state index is 12.7. The Morgan fingerprint density at radius 3 is 2.61 bits per heavy atom. The van der Waals surface area contributed by atoms with E-state index in [2.05, 4.69) is 20.6 Å². The molecule has 3 aromatic heterocycles. The molecule has 0 aliphatic rings. The predicted octanol–water partition coefficient (Wildman–Crippen LogP) is 4.38. The van der Waals surface area contributed by atoms with Crippen molar-refractivity contribution >= 4 is 39.6 Å². The molecule has 0 saturated carbocycles. The molecule has 0 radical (unpaired) electrons. The number of rotatable bonds is 8. The summed E-state index contributed by atoms with van der Waals surface area (Å²) < 4.78 is 7.63. The number of hydrogen-bond donors (Lipinski definition) is 2. The molecule has 0 fully saturated rings. The highest BCUT2D eigenvalue weighted by atomic mass is 32.1.